The minimum atomic E-state index is -0.349. The highest BCUT2D eigenvalue weighted by Gasteiger charge is 2.18. The molecule has 1 unspecified atom stereocenters. The number of methoxy groups -OCH3 is 1. The Balaban J connectivity index is 2.32. The first-order valence-corrected chi connectivity index (χ1v) is 7.11. The van der Waals surface area contributed by atoms with Gasteiger partial charge >= 0.3 is 0 Å². The Bertz CT molecular complexity index is 177. The molecule has 1 saturated carbocycles. The van der Waals surface area contributed by atoms with E-state index in [-0.39, 0.29) is 6.10 Å². The van der Waals surface area contributed by atoms with Gasteiger partial charge in [-0.25, -0.2) is 0 Å². The molecule has 0 aromatic carbocycles. The van der Waals surface area contributed by atoms with E-state index in [4.69, 9.17) is 4.74 Å². The van der Waals surface area contributed by atoms with Gasteiger partial charge in [0.15, 0.2) is 0 Å². The minimum Gasteiger partial charge on any atom is -0.389 e. The zero-order valence-electron chi connectivity index (χ0n) is 11.5. The number of hydrogen-bond acceptors (Lipinski definition) is 3. The van der Waals surface area contributed by atoms with Gasteiger partial charge in [0.25, 0.3) is 0 Å². The van der Waals surface area contributed by atoms with Gasteiger partial charge in [-0.15, -0.1) is 0 Å². The average Bonchev–Trinajstić information content (AvgIpc) is 2.42. The third-order valence-corrected chi connectivity index (χ3v) is 3.81. The highest BCUT2D eigenvalue weighted by molar-refractivity contribution is 4.73. The SMILES string of the molecule is COCC(O)CN(C)C1CCCCCCCC1. The largest absolute Gasteiger partial charge is 0.389 e. The molecule has 102 valence electrons. The number of ether oxygens (including phenoxy) is 1. The van der Waals surface area contributed by atoms with Crippen LogP contribution in [0, 0.1) is 0 Å². The highest BCUT2D eigenvalue weighted by Crippen LogP contribution is 2.20. The quantitative estimate of drug-likeness (QED) is 0.805. The molecule has 3 heteroatoms. The smallest absolute Gasteiger partial charge is 0.0900 e. The van der Waals surface area contributed by atoms with E-state index in [0.717, 1.165) is 6.54 Å². The first-order valence-electron chi connectivity index (χ1n) is 7.11. The van der Waals surface area contributed by atoms with Gasteiger partial charge in [0.1, 0.15) is 0 Å². The molecule has 0 bridgehead atoms. The summed E-state index contributed by atoms with van der Waals surface area (Å²) in [5.74, 6) is 0. The maximum absolute atomic E-state index is 9.76. The Labute approximate surface area is 106 Å². The summed E-state index contributed by atoms with van der Waals surface area (Å²) in [4.78, 5) is 2.33. The molecule has 0 aliphatic heterocycles. The molecular formula is C14H29NO2. The monoisotopic (exact) mass is 243 g/mol. The summed E-state index contributed by atoms with van der Waals surface area (Å²) in [6.45, 7) is 1.18. The average molecular weight is 243 g/mol. The molecular weight excluding hydrogens is 214 g/mol. The van der Waals surface area contributed by atoms with Crippen LogP contribution >= 0.6 is 0 Å². The van der Waals surface area contributed by atoms with Crippen molar-refractivity contribution < 1.29 is 9.84 Å². The zero-order valence-corrected chi connectivity index (χ0v) is 11.5. The van der Waals surface area contributed by atoms with Crippen LogP contribution in [0.2, 0.25) is 0 Å². The van der Waals surface area contributed by atoms with Crippen LogP contribution in [0.3, 0.4) is 0 Å². The molecule has 0 saturated heterocycles. The molecule has 1 rings (SSSR count). The van der Waals surface area contributed by atoms with Crippen molar-refractivity contribution >= 4 is 0 Å². The number of likely N-dealkylation sites (N-methyl/N-ethyl adjacent to an activating group) is 1. The predicted octanol–water partition coefficient (Wildman–Crippen LogP) is 2.43. The van der Waals surface area contributed by atoms with Crippen molar-refractivity contribution in [2.45, 2.75) is 63.5 Å². The Morgan fingerprint density at radius 3 is 2.18 bits per heavy atom. The maximum Gasteiger partial charge on any atom is 0.0900 e. The third kappa shape index (κ3) is 6.39. The molecule has 1 N–H and O–H groups in total. The van der Waals surface area contributed by atoms with Crippen LogP contribution in [0.25, 0.3) is 0 Å². The van der Waals surface area contributed by atoms with E-state index in [1.807, 2.05) is 0 Å². The van der Waals surface area contributed by atoms with Crippen LogP contribution in [0.1, 0.15) is 51.4 Å². The van der Waals surface area contributed by atoms with Crippen molar-refractivity contribution in [3.8, 4) is 0 Å². The van der Waals surface area contributed by atoms with Crippen molar-refractivity contribution in [1.82, 2.24) is 4.90 Å². The summed E-state index contributed by atoms with van der Waals surface area (Å²) >= 11 is 0. The molecule has 0 amide bonds. The van der Waals surface area contributed by atoms with Crippen molar-refractivity contribution in [2.75, 3.05) is 27.3 Å². The molecule has 1 aliphatic carbocycles. The second kappa shape index (κ2) is 8.90. The van der Waals surface area contributed by atoms with Gasteiger partial charge in [-0.3, -0.25) is 0 Å². The maximum atomic E-state index is 9.76. The van der Waals surface area contributed by atoms with E-state index >= 15 is 0 Å². The van der Waals surface area contributed by atoms with E-state index in [2.05, 4.69) is 11.9 Å². The van der Waals surface area contributed by atoms with E-state index in [1.165, 1.54) is 51.4 Å². The number of aliphatic hydroxyl groups excluding tert-OH is 1. The Morgan fingerprint density at radius 1 is 1.12 bits per heavy atom. The molecule has 0 radical (unpaired) electrons. The second-order valence-corrected chi connectivity index (χ2v) is 5.40. The van der Waals surface area contributed by atoms with Gasteiger partial charge in [0, 0.05) is 19.7 Å². The molecule has 0 spiro atoms. The van der Waals surface area contributed by atoms with E-state index in [0.29, 0.717) is 12.6 Å². The molecule has 0 aromatic heterocycles. The lowest BCUT2D eigenvalue weighted by Gasteiger charge is -2.29. The summed E-state index contributed by atoms with van der Waals surface area (Å²) in [7, 11) is 3.78. The predicted molar refractivity (Wildman–Crippen MR) is 71.2 cm³/mol. The molecule has 17 heavy (non-hydrogen) atoms. The highest BCUT2D eigenvalue weighted by atomic mass is 16.5. The van der Waals surface area contributed by atoms with E-state index in [1.54, 1.807) is 7.11 Å². The van der Waals surface area contributed by atoms with Crippen LogP contribution in [0.15, 0.2) is 0 Å². The molecule has 3 nitrogen and oxygen atoms in total. The number of nitrogens with zero attached hydrogens (tertiary/aromatic N) is 1. The number of rotatable bonds is 5. The molecule has 1 fully saturated rings. The van der Waals surface area contributed by atoms with Gasteiger partial charge < -0.3 is 14.7 Å². The van der Waals surface area contributed by atoms with Crippen LogP contribution in [-0.2, 0) is 4.74 Å². The Hall–Kier alpha value is -0.120. The second-order valence-electron chi connectivity index (χ2n) is 5.40. The van der Waals surface area contributed by atoms with Crippen LogP contribution in [0.5, 0.6) is 0 Å². The number of hydrogen-bond donors (Lipinski definition) is 1. The summed E-state index contributed by atoms with van der Waals surface area (Å²) in [5, 5.41) is 9.76. The van der Waals surface area contributed by atoms with Gasteiger partial charge in [-0.2, -0.15) is 0 Å². The summed E-state index contributed by atoms with van der Waals surface area (Å²) in [5.41, 5.74) is 0. The van der Waals surface area contributed by atoms with Crippen molar-refractivity contribution in [1.29, 1.82) is 0 Å². The molecule has 1 atom stereocenters. The normalized spacial score (nSPS) is 21.9. The van der Waals surface area contributed by atoms with Gasteiger partial charge in [0.2, 0.25) is 0 Å². The number of aliphatic hydroxyl groups is 1. The van der Waals surface area contributed by atoms with E-state index < -0.39 is 0 Å². The van der Waals surface area contributed by atoms with Gasteiger partial charge in [-0.05, 0) is 19.9 Å². The summed E-state index contributed by atoms with van der Waals surface area (Å²) in [6.07, 6.45) is 10.5. The lowest BCUT2D eigenvalue weighted by Crippen LogP contribution is -2.39. The summed E-state index contributed by atoms with van der Waals surface area (Å²) in [6, 6.07) is 0.652. The van der Waals surface area contributed by atoms with Crippen molar-refractivity contribution in [3.05, 3.63) is 0 Å². The lowest BCUT2D eigenvalue weighted by atomic mass is 10.0. The zero-order chi connectivity index (χ0) is 12.5. The van der Waals surface area contributed by atoms with Gasteiger partial charge in [-0.1, -0.05) is 38.5 Å². The molecule has 0 heterocycles. The first-order chi connectivity index (χ1) is 8.24. The summed E-state index contributed by atoms with van der Waals surface area (Å²) < 4.78 is 4.98. The molecule has 1 aliphatic rings. The van der Waals surface area contributed by atoms with Crippen LogP contribution < -0.4 is 0 Å². The Kier molecular flexibility index (Phi) is 7.82. The third-order valence-electron chi connectivity index (χ3n) is 3.81. The standard InChI is InChI=1S/C14H29NO2/c1-15(11-14(16)12-17-2)13-9-7-5-3-4-6-8-10-13/h13-14,16H,3-12H2,1-2H3. The fraction of sp³-hybridized carbons (Fsp3) is 1.00. The first kappa shape index (κ1) is 14.9. The topological polar surface area (TPSA) is 32.7 Å². The minimum absolute atomic E-state index is 0.349. The lowest BCUT2D eigenvalue weighted by molar-refractivity contribution is 0.0319. The van der Waals surface area contributed by atoms with Crippen molar-refractivity contribution in [3.63, 3.8) is 0 Å². The molecule has 0 aromatic rings. The van der Waals surface area contributed by atoms with Gasteiger partial charge in [0.05, 0.1) is 12.7 Å². The van der Waals surface area contributed by atoms with Crippen LogP contribution in [0.4, 0.5) is 0 Å². The van der Waals surface area contributed by atoms with Crippen LogP contribution in [-0.4, -0.2) is 49.5 Å². The fourth-order valence-corrected chi connectivity index (χ4v) is 2.78. The fourth-order valence-electron chi connectivity index (χ4n) is 2.78. The van der Waals surface area contributed by atoms with Crippen molar-refractivity contribution in [2.24, 2.45) is 0 Å². The van der Waals surface area contributed by atoms with E-state index in [9.17, 15) is 5.11 Å². The Morgan fingerprint density at radius 2 is 1.65 bits per heavy atom.